The summed E-state index contributed by atoms with van der Waals surface area (Å²) in [5.74, 6) is 0.106. The summed E-state index contributed by atoms with van der Waals surface area (Å²) in [6.07, 6.45) is 2.90. The van der Waals surface area contributed by atoms with E-state index in [2.05, 4.69) is 5.32 Å². The topological polar surface area (TPSA) is 66.5 Å². The molecule has 6 heteroatoms. The number of piperidine rings is 1. The van der Waals surface area contributed by atoms with Gasteiger partial charge in [-0.05, 0) is 25.0 Å². The fourth-order valence-electron chi connectivity index (χ4n) is 3.20. The first-order valence-electron chi connectivity index (χ1n) is 8.64. The number of urea groups is 1. The van der Waals surface area contributed by atoms with Gasteiger partial charge in [0.25, 0.3) is 0 Å². The van der Waals surface area contributed by atoms with Gasteiger partial charge in [-0.15, -0.1) is 0 Å². The number of amides is 2. The molecule has 0 bridgehead atoms. The molecule has 2 aromatic carbocycles. The van der Waals surface area contributed by atoms with Crippen molar-refractivity contribution < 1.29 is 13.8 Å². The number of rotatable bonds is 4. The molecule has 136 valence electrons. The van der Waals surface area contributed by atoms with Crippen molar-refractivity contribution >= 4 is 28.3 Å². The Morgan fingerprint density at radius 2 is 1.62 bits per heavy atom. The van der Waals surface area contributed by atoms with Crippen LogP contribution in [-0.2, 0) is 10.8 Å². The average molecular weight is 370 g/mol. The SMILES string of the molecule is C[S@](=O)c1ccccc1NC(=O)N1CCC(C(=O)c2ccccc2)CC1. The number of carbonyl (C=O) groups excluding carboxylic acids is 2. The zero-order valence-electron chi connectivity index (χ0n) is 14.7. The van der Waals surface area contributed by atoms with E-state index in [-0.39, 0.29) is 17.7 Å². The monoisotopic (exact) mass is 370 g/mol. The Bertz CT molecular complexity index is 815. The van der Waals surface area contributed by atoms with Crippen LogP contribution < -0.4 is 5.32 Å². The van der Waals surface area contributed by atoms with Gasteiger partial charge in [0, 0.05) is 30.8 Å². The summed E-state index contributed by atoms with van der Waals surface area (Å²) in [4.78, 5) is 27.4. The van der Waals surface area contributed by atoms with Gasteiger partial charge in [0.2, 0.25) is 0 Å². The molecule has 1 N–H and O–H groups in total. The Labute approximate surface area is 155 Å². The van der Waals surface area contributed by atoms with E-state index < -0.39 is 10.8 Å². The summed E-state index contributed by atoms with van der Waals surface area (Å²) in [6.45, 7) is 1.07. The summed E-state index contributed by atoms with van der Waals surface area (Å²) >= 11 is 0. The Morgan fingerprint density at radius 1 is 1.00 bits per heavy atom. The quantitative estimate of drug-likeness (QED) is 0.837. The molecule has 0 unspecified atom stereocenters. The number of hydrogen-bond donors (Lipinski definition) is 1. The highest BCUT2D eigenvalue weighted by Crippen LogP contribution is 2.23. The van der Waals surface area contributed by atoms with Gasteiger partial charge in [-0.3, -0.25) is 9.00 Å². The third-order valence-electron chi connectivity index (χ3n) is 4.65. The van der Waals surface area contributed by atoms with Crippen molar-refractivity contribution in [2.45, 2.75) is 17.7 Å². The number of nitrogens with one attached hydrogen (secondary N) is 1. The van der Waals surface area contributed by atoms with Gasteiger partial charge in [0.1, 0.15) is 0 Å². The molecule has 3 rings (SSSR count). The van der Waals surface area contributed by atoms with Crippen molar-refractivity contribution in [2.24, 2.45) is 5.92 Å². The number of carbonyl (C=O) groups is 2. The van der Waals surface area contributed by atoms with Crippen LogP contribution in [0.15, 0.2) is 59.5 Å². The largest absolute Gasteiger partial charge is 0.324 e. The second-order valence-corrected chi connectivity index (χ2v) is 7.72. The van der Waals surface area contributed by atoms with E-state index in [1.165, 1.54) is 0 Å². The van der Waals surface area contributed by atoms with Crippen LogP contribution in [-0.4, -0.2) is 40.3 Å². The molecule has 26 heavy (non-hydrogen) atoms. The molecule has 1 aliphatic heterocycles. The lowest BCUT2D eigenvalue weighted by Gasteiger charge is -2.31. The van der Waals surface area contributed by atoms with Crippen LogP contribution in [0.3, 0.4) is 0 Å². The minimum Gasteiger partial charge on any atom is -0.324 e. The molecule has 5 nitrogen and oxygen atoms in total. The predicted molar refractivity (Wildman–Crippen MR) is 103 cm³/mol. The molecule has 1 atom stereocenters. The van der Waals surface area contributed by atoms with Gasteiger partial charge >= 0.3 is 6.03 Å². The summed E-state index contributed by atoms with van der Waals surface area (Å²) < 4.78 is 11.8. The van der Waals surface area contributed by atoms with Crippen LogP contribution in [0.5, 0.6) is 0 Å². The Morgan fingerprint density at radius 3 is 2.27 bits per heavy atom. The highest BCUT2D eigenvalue weighted by molar-refractivity contribution is 7.84. The smallest absolute Gasteiger partial charge is 0.321 e. The molecule has 1 heterocycles. The number of Topliss-reactive ketones (excluding diaryl/α,β-unsaturated/α-hetero) is 1. The average Bonchev–Trinajstić information content (AvgIpc) is 2.68. The lowest BCUT2D eigenvalue weighted by Crippen LogP contribution is -2.42. The Balaban J connectivity index is 1.59. The first-order chi connectivity index (χ1) is 12.6. The Kier molecular flexibility index (Phi) is 5.83. The molecule has 2 aromatic rings. The van der Waals surface area contributed by atoms with Gasteiger partial charge in [-0.1, -0.05) is 42.5 Å². The van der Waals surface area contributed by atoms with Crippen molar-refractivity contribution in [1.29, 1.82) is 0 Å². The maximum Gasteiger partial charge on any atom is 0.321 e. The molecule has 0 spiro atoms. The van der Waals surface area contributed by atoms with Crippen molar-refractivity contribution in [3.63, 3.8) is 0 Å². The van der Waals surface area contributed by atoms with Crippen LogP contribution in [0.1, 0.15) is 23.2 Å². The first-order valence-corrected chi connectivity index (χ1v) is 10.2. The number of benzene rings is 2. The second-order valence-electron chi connectivity index (χ2n) is 6.37. The number of likely N-dealkylation sites (tertiary alicyclic amines) is 1. The number of anilines is 1. The molecule has 0 aromatic heterocycles. The van der Waals surface area contributed by atoms with E-state index >= 15 is 0 Å². The second kappa shape index (κ2) is 8.27. The molecule has 2 amide bonds. The lowest BCUT2D eigenvalue weighted by atomic mass is 9.89. The molecular weight excluding hydrogens is 348 g/mol. The number of nitrogens with zero attached hydrogens (tertiary/aromatic N) is 1. The van der Waals surface area contributed by atoms with Crippen molar-refractivity contribution in [1.82, 2.24) is 4.90 Å². The van der Waals surface area contributed by atoms with Gasteiger partial charge in [-0.25, -0.2) is 4.79 Å². The zero-order chi connectivity index (χ0) is 18.5. The fraction of sp³-hybridized carbons (Fsp3) is 0.300. The third-order valence-corrected chi connectivity index (χ3v) is 5.63. The van der Waals surface area contributed by atoms with Crippen LogP contribution in [0.2, 0.25) is 0 Å². The first kappa shape index (κ1) is 18.3. The van der Waals surface area contributed by atoms with Crippen LogP contribution >= 0.6 is 0 Å². The number of ketones is 1. The van der Waals surface area contributed by atoms with Gasteiger partial charge in [-0.2, -0.15) is 0 Å². The van der Waals surface area contributed by atoms with Crippen LogP contribution in [0.4, 0.5) is 10.5 Å². The van der Waals surface area contributed by atoms with Crippen molar-refractivity contribution in [3.8, 4) is 0 Å². The van der Waals surface area contributed by atoms with Gasteiger partial charge in [0.05, 0.1) is 21.4 Å². The summed E-state index contributed by atoms with van der Waals surface area (Å²) in [6, 6.07) is 16.2. The maximum atomic E-state index is 12.5. The van der Waals surface area contributed by atoms with Gasteiger partial charge < -0.3 is 10.2 Å². The Hall–Kier alpha value is -2.47. The lowest BCUT2D eigenvalue weighted by molar-refractivity contribution is 0.0859. The fourth-order valence-corrected chi connectivity index (χ4v) is 3.90. The predicted octanol–water partition coefficient (Wildman–Crippen LogP) is 3.55. The van der Waals surface area contributed by atoms with Crippen LogP contribution in [0, 0.1) is 5.92 Å². The number of para-hydroxylation sites is 1. The van der Waals surface area contributed by atoms with Gasteiger partial charge in [0.15, 0.2) is 5.78 Å². The summed E-state index contributed by atoms with van der Waals surface area (Å²) in [5.41, 5.74) is 1.30. The van der Waals surface area contributed by atoms with E-state index in [9.17, 15) is 13.8 Å². The summed E-state index contributed by atoms with van der Waals surface area (Å²) in [7, 11) is -1.17. The maximum absolute atomic E-state index is 12.5. The van der Waals surface area contributed by atoms with Crippen LogP contribution in [0.25, 0.3) is 0 Å². The minimum atomic E-state index is -1.17. The number of hydrogen-bond acceptors (Lipinski definition) is 3. The van der Waals surface area contributed by atoms with E-state index in [0.29, 0.717) is 36.5 Å². The van der Waals surface area contributed by atoms with E-state index in [4.69, 9.17) is 0 Å². The third kappa shape index (κ3) is 4.19. The molecular formula is C20H22N2O3S. The summed E-state index contributed by atoms with van der Waals surface area (Å²) in [5, 5.41) is 2.85. The van der Waals surface area contributed by atoms with Crippen molar-refractivity contribution in [2.75, 3.05) is 24.7 Å². The highest BCUT2D eigenvalue weighted by atomic mass is 32.2. The minimum absolute atomic E-state index is 0.0446. The molecule has 0 aliphatic carbocycles. The zero-order valence-corrected chi connectivity index (χ0v) is 15.5. The van der Waals surface area contributed by atoms with Crippen molar-refractivity contribution in [3.05, 3.63) is 60.2 Å². The van der Waals surface area contributed by atoms with E-state index in [1.807, 2.05) is 30.3 Å². The molecule has 1 fully saturated rings. The molecule has 0 radical (unpaired) electrons. The molecule has 0 saturated carbocycles. The van der Waals surface area contributed by atoms with E-state index in [0.717, 1.165) is 5.56 Å². The standard InChI is InChI=1S/C20H22N2O3S/c1-26(25)18-10-6-5-9-17(18)21-20(24)22-13-11-16(12-14-22)19(23)15-7-3-2-4-8-15/h2-10,16H,11-14H2,1H3,(H,21,24)/t26-/m0/s1. The molecule has 1 aliphatic rings. The molecule has 1 saturated heterocycles. The van der Waals surface area contributed by atoms with E-state index in [1.54, 1.807) is 35.4 Å². The highest BCUT2D eigenvalue weighted by Gasteiger charge is 2.28. The normalized spacial score (nSPS) is 16.1.